The molecule has 2 N–H and O–H groups in total. The lowest BCUT2D eigenvalue weighted by Crippen LogP contribution is -2.31. The van der Waals surface area contributed by atoms with Crippen LogP contribution in [0, 0.1) is 0 Å². The van der Waals surface area contributed by atoms with Crippen LogP contribution in [0.3, 0.4) is 0 Å². The highest BCUT2D eigenvalue weighted by atomic mass is 35.5. The number of urea groups is 1. The second-order valence-corrected chi connectivity index (χ2v) is 5.04. The topological polar surface area (TPSA) is 54.0 Å². The maximum absolute atomic E-state index is 11.7. The summed E-state index contributed by atoms with van der Waals surface area (Å²) in [5.74, 6) is 0. The van der Waals surface area contributed by atoms with Crippen LogP contribution in [-0.2, 0) is 0 Å². The number of rotatable bonds is 3. The molecule has 0 aliphatic carbocycles. The second-order valence-electron chi connectivity index (χ2n) is 3.71. The van der Waals surface area contributed by atoms with Crippen molar-refractivity contribution >= 4 is 34.1 Å². The van der Waals surface area contributed by atoms with Gasteiger partial charge in [0.2, 0.25) is 0 Å². The third kappa shape index (κ3) is 3.45. The predicted molar refractivity (Wildman–Crippen MR) is 74.1 cm³/mol. The van der Waals surface area contributed by atoms with Gasteiger partial charge in [0.1, 0.15) is 0 Å². The van der Waals surface area contributed by atoms with E-state index in [-0.39, 0.29) is 12.1 Å². The molecule has 2 amide bonds. The molecule has 0 spiro atoms. The quantitative estimate of drug-likeness (QED) is 0.902. The number of benzene rings is 1. The molecule has 94 valence electrons. The molecule has 6 heteroatoms. The van der Waals surface area contributed by atoms with Gasteiger partial charge in [0.15, 0.2) is 5.13 Å². The fraction of sp³-hybridized carbons (Fsp3) is 0.167. The molecule has 4 nitrogen and oxygen atoms in total. The molecule has 0 saturated carbocycles. The van der Waals surface area contributed by atoms with Gasteiger partial charge in [-0.2, -0.15) is 0 Å². The highest BCUT2D eigenvalue weighted by Crippen LogP contribution is 2.16. The molecule has 0 unspecified atom stereocenters. The molecule has 18 heavy (non-hydrogen) atoms. The number of hydrogen-bond donors (Lipinski definition) is 2. The Balaban J connectivity index is 1.92. The molecular formula is C12H12ClN3OS. The standard InChI is InChI=1S/C12H12ClN3OS/c1-8(9-2-4-10(13)5-3-9)15-11(17)16-12-14-6-7-18-12/h2-8H,1H3,(H2,14,15,16,17)/t8-/m1/s1. The van der Waals surface area contributed by atoms with Gasteiger partial charge in [0.25, 0.3) is 0 Å². The van der Waals surface area contributed by atoms with Crippen LogP contribution >= 0.6 is 22.9 Å². The van der Waals surface area contributed by atoms with Gasteiger partial charge in [-0.3, -0.25) is 5.32 Å². The van der Waals surface area contributed by atoms with E-state index < -0.39 is 0 Å². The van der Waals surface area contributed by atoms with E-state index in [4.69, 9.17) is 11.6 Å². The van der Waals surface area contributed by atoms with Crippen LogP contribution in [0.5, 0.6) is 0 Å². The summed E-state index contributed by atoms with van der Waals surface area (Å²) in [5, 5.41) is 8.55. The summed E-state index contributed by atoms with van der Waals surface area (Å²) in [7, 11) is 0. The Labute approximate surface area is 114 Å². The normalized spacial score (nSPS) is 11.9. The van der Waals surface area contributed by atoms with Crippen molar-refractivity contribution in [2.75, 3.05) is 5.32 Å². The second kappa shape index (κ2) is 5.84. The highest BCUT2D eigenvalue weighted by Gasteiger charge is 2.10. The van der Waals surface area contributed by atoms with E-state index >= 15 is 0 Å². The summed E-state index contributed by atoms with van der Waals surface area (Å²) in [6.45, 7) is 1.91. The highest BCUT2D eigenvalue weighted by molar-refractivity contribution is 7.13. The van der Waals surface area contributed by atoms with Crippen LogP contribution < -0.4 is 10.6 Å². The Bertz CT molecular complexity index is 513. The van der Waals surface area contributed by atoms with E-state index in [2.05, 4.69) is 15.6 Å². The van der Waals surface area contributed by atoms with Gasteiger partial charge in [0, 0.05) is 16.6 Å². The molecule has 0 bridgehead atoms. The minimum atomic E-state index is -0.271. The van der Waals surface area contributed by atoms with Gasteiger partial charge in [-0.15, -0.1) is 11.3 Å². The van der Waals surface area contributed by atoms with Gasteiger partial charge in [-0.05, 0) is 24.6 Å². The van der Waals surface area contributed by atoms with Crippen LogP contribution in [0.4, 0.5) is 9.93 Å². The van der Waals surface area contributed by atoms with E-state index in [0.29, 0.717) is 10.2 Å². The molecule has 2 aromatic rings. The fourth-order valence-electron chi connectivity index (χ4n) is 1.45. The van der Waals surface area contributed by atoms with E-state index in [9.17, 15) is 4.79 Å². The number of aromatic nitrogens is 1. The molecule has 2 rings (SSSR count). The largest absolute Gasteiger partial charge is 0.331 e. The molecule has 0 fully saturated rings. The average molecular weight is 282 g/mol. The van der Waals surface area contributed by atoms with Crippen molar-refractivity contribution in [2.24, 2.45) is 0 Å². The Morgan fingerprint density at radius 3 is 2.72 bits per heavy atom. The molecular weight excluding hydrogens is 270 g/mol. The van der Waals surface area contributed by atoms with Crippen molar-refractivity contribution in [3.05, 3.63) is 46.4 Å². The van der Waals surface area contributed by atoms with E-state index in [1.165, 1.54) is 11.3 Å². The number of carbonyl (C=O) groups excluding carboxylic acids is 1. The summed E-state index contributed by atoms with van der Waals surface area (Å²) in [6.07, 6.45) is 1.64. The number of hydrogen-bond acceptors (Lipinski definition) is 3. The minimum Gasteiger partial charge on any atom is -0.331 e. The zero-order valence-electron chi connectivity index (χ0n) is 9.68. The van der Waals surface area contributed by atoms with Crippen LogP contribution in [0.25, 0.3) is 0 Å². The Morgan fingerprint density at radius 1 is 1.39 bits per heavy atom. The smallest absolute Gasteiger partial charge is 0.321 e. The van der Waals surface area contributed by atoms with Crippen molar-refractivity contribution in [3.8, 4) is 0 Å². The van der Waals surface area contributed by atoms with Crippen molar-refractivity contribution < 1.29 is 4.79 Å². The van der Waals surface area contributed by atoms with Crippen molar-refractivity contribution in [3.63, 3.8) is 0 Å². The first-order valence-electron chi connectivity index (χ1n) is 5.37. The van der Waals surface area contributed by atoms with Gasteiger partial charge in [-0.25, -0.2) is 9.78 Å². The molecule has 1 aromatic heterocycles. The van der Waals surface area contributed by atoms with Crippen molar-refractivity contribution in [2.45, 2.75) is 13.0 Å². The molecule has 0 aliphatic heterocycles. The zero-order chi connectivity index (χ0) is 13.0. The molecule has 1 heterocycles. The third-order valence-corrected chi connectivity index (χ3v) is 3.31. The Kier molecular flexibility index (Phi) is 4.17. The molecule has 0 aliphatic rings. The number of halogens is 1. The monoisotopic (exact) mass is 281 g/mol. The number of amides is 2. The lowest BCUT2D eigenvalue weighted by molar-refractivity contribution is 0.249. The van der Waals surface area contributed by atoms with Gasteiger partial charge < -0.3 is 5.32 Å². The van der Waals surface area contributed by atoms with E-state index in [1.807, 2.05) is 19.1 Å². The first kappa shape index (κ1) is 12.9. The lowest BCUT2D eigenvalue weighted by atomic mass is 10.1. The SMILES string of the molecule is C[C@@H](NC(=O)Nc1nccs1)c1ccc(Cl)cc1. The zero-order valence-corrected chi connectivity index (χ0v) is 11.3. The maximum Gasteiger partial charge on any atom is 0.321 e. The summed E-state index contributed by atoms with van der Waals surface area (Å²) in [5.41, 5.74) is 0.994. The van der Waals surface area contributed by atoms with Gasteiger partial charge in [0.05, 0.1) is 6.04 Å². The Hall–Kier alpha value is -1.59. The molecule has 1 aromatic carbocycles. The molecule has 0 radical (unpaired) electrons. The van der Waals surface area contributed by atoms with Crippen molar-refractivity contribution in [1.29, 1.82) is 0 Å². The lowest BCUT2D eigenvalue weighted by Gasteiger charge is -2.14. The van der Waals surface area contributed by atoms with Crippen LogP contribution in [0.15, 0.2) is 35.8 Å². The number of carbonyl (C=O) groups is 1. The van der Waals surface area contributed by atoms with Gasteiger partial charge >= 0.3 is 6.03 Å². The first-order valence-corrected chi connectivity index (χ1v) is 6.63. The summed E-state index contributed by atoms with van der Waals surface area (Å²) < 4.78 is 0. The number of nitrogens with one attached hydrogen (secondary N) is 2. The number of thiazole rings is 1. The van der Waals surface area contributed by atoms with Crippen molar-refractivity contribution in [1.82, 2.24) is 10.3 Å². The molecule has 1 atom stereocenters. The minimum absolute atomic E-state index is 0.0952. The van der Waals surface area contributed by atoms with Crippen LogP contribution in [0.2, 0.25) is 5.02 Å². The van der Waals surface area contributed by atoms with Crippen LogP contribution in [-0.4, -0.2) is 11.0 Å². The maximum atomic E-state index is 11.7. The molecule has 0 saturated heterocycles. The average Bonchev–Trinajstić information content (AvgIpc) is 2.82. The number of nitrogens with zero attached hydrogens (tertiary/aromatic N) is 1. The third-order valence-electron chi connectivity index (χ3n) is 2.37. The van der Waals surface area contributed by atoms with E-state index in [1.54, 1.807) is 23.7 Å². The number of anilines is 1. The van der Waals surface area contributed by atoms with E-state index in [0.717, 1.165) is 5.56 Å². The van der Waals surface area contributed by atoms with Crippen LogP contribution in [0.1, 0.15) is 18.5 Å². The first-order chi connectivity index (χ1) is 8.65. The summed E-state index contributed by atoms with van der Waals surface area (Å²) in [4.78, 5) is 15.7. The van der Waals surface area contributed by atoms with Gasteiger partial charge in [-0.1, -0.05) is 23.7 Å². The predicted octanol–water partition coefficient (Wildman–Crippen LogP) is 3.68. The summed E-state index contributed by atoms with van der Waals surface area (Å²) >= 11 is 7.19. The summed E-state index contributed by atoms with van der Waals surface area (Å²) in [6, 6.07) is 7.00. The fourth-order valence-corrected chi connectivity index (χ4v) is 2.10. The Morgan fingerprint density at radius 2 is 2.11 bits per heavy atom.